The van der Waals surface area contributed by atoms with E-state index >= 15 is 0 Å². The van der Waals surface area contributed by atoms with Gasteiger partial charge < -0.3 is 20.4 Å². The number of aliphatic carboxylic acids is 1. The lowest BCUT2D eigenvalue weighted by Gasteiger charge is -2.29. The molecule has 0 aliphatic carbocycles. The Morgan fingerprint density at radius 3 is 2.30 bits per heavy atom. The lowest BCUT2D eigenvalue weighted by molar-refractivity contribution is -0.192. The molecule has 0 radical (unpaired) electrons. The summed E-state index contributed by atoms with van der Waals surface area (Å²) in [5.74, 6) is -2.68. The maximum Gasteiger partial charge on any atom is 0.490 e. The quantitative estimate of drug-likeness (QED) is 0.713. The highest BCUT2D eigenvalue weighted by molar-refractivity contribution is 5.78. The maximum absolute atomic E-state index is 11.9. The molecule has 27 heavy (non-hydrogen) atoms. The van der Waals surface area contributed by atoms with Crippen LogP contribution in [-0.4, -0.2) is 65.4 Å². The minimum Gasteiger partial charge on any atom is -0.475 e. The molecule has 2 rings (SSSR count). The highest BCUT2D eigenvalue weighted by atomic mass is 19.4. The molecule has 152 valence electrons. The summed E-state index contributed by atoms with van der Waals surface area (Å²) in [6.45, 7) is 5.43. The van der Waals surface area contributed by atoms with Gasteiger partial charge in [-0.3, -0.25) is 4.79 Å². The lowest BCUT2D eigenvalue weighted by Crippen LogP contribution is -2.41. The number of amides is 1. The van der Waals surface area contributed by atoms with E-state index in [0.29, 0.717) is 13.0 Å². The van der Waals surface area contributed by atoms with Crippen LogP contribution in [0.15, 0.2) is 24.3 Å². The minimum absolute atomic E-state index is 0.0799. The summed E-state index contributed by atoms with van der Waals surface area (Å²) < 4.78 is 31.7. The van der Waals surface area contributed by atoms with Gasteiger partial charge in [0.2, 0.25) is 5.91 Å². The molecule has 0 saturated carbocycles. The van der Waals surface area contributed by atoms with Crippen molar-refractivity contribution in [3.8, 4) is 0 Å². The summed E-state index contributed by atoms with van der Waals surface area (Å²) >= 11 is 0. The Bertz CT molecular complexity index is 615. The van der Waals surface area contributed by atoms with Gasteiger partial charge in [-0.15, -0.1) is 0 Å². The number of hydrogen-bond donors (Lipinski definition) is 3. The predicted octanol–water partition coefficient (Wildman–Crippen LogP) is 1.74. The molecule has 9 heteroatoms. The number of benzene rings is 1. The molecule has 1 aromatic carbocycles. The number of aliphatic hydroxyl groups excluding tert-OH is 1. The van der Waals surface area contributed by atoms with Crippen molar-refractivity contribution in [2.24, 2.45) is 0 Å². The third-order valence-electron chi connectivity index (χ3n) is 4.16. The number of aliphatic hydroxyl groups is 1. The van der Waals surface area contributed by atoms with Crippen LogP contribution in [0.4, 0.5) is 13.2 Å². The number of carbonyl (C=O) groups is 2. The predicted molar refractivity (Wildman–Crippen MR) is 93.3 cm³/mol. The van der Waals surface area contributed by atoms with E-state index < -0.39 is 12.1 Å². The molecule has 1 heterocycles. The highest BCUT2D eigenvalue weighted by Gasteiger charge is 2.38. The van der Waals surface area contributed by atoms with Crippen molar-refractivity contribution < 1.29 is 33.0 Å². The van der Waals surface area contributed by atoms with Gasteiger partial charge in [0.25, 0.3) is 0 Å². The molecule has 1 aliphatic heterocycles. The van der Waals surface area contributed by atoms with Gasteiger partial charge in [0.05, 0.1) is 12.5 Å². The number of hydrogen-bond acceptors (Lipinski definition) is 4. The summed E-state index contributed by atoms with van der Waals surface area (Å²) in [5.41, 5.74) is 2.25. The molecule has 1 aromatic rings. The van der Waals surface area contributed by atoms with E-state index in [4.69, 9.17) is 9.90 Å². The van der Waals surface area contributed by atoms with Crippen molar-refractivity contribution in [3.63, 3.8) is 0 Å². The number of carboxylic acid groups (broad SMARTS) is 1. The van der Waals surface area contributed by atoms with E-state index in [2.05, 4.69) is 10.2 Å². The molecular weight excluding hydrogens is 365 g/mol. The van der Waals surface area contributed by atoms with Gasteiger partial charge in [-0.2, -0.15) is 13.2 Å². The topological polar surface area (TPSA) is 89.9 Å². The van der Waals surface area contributed by atoms with Crippen LogP contribution in [0.2, 0.25) is 0 Å². The second-order valence-corrected chi connectivity index (χ2v) is 6.33. The van der Waals surface area contributed by atoms with E-state index in [-0.39, 0.29) is 12.0 Å². The number of alkyl halides is 3. The Morgan fingerprint density at radius 2 is 1.78 bits per heavy atom. The Hall–Kier alpha value is -2.13. The molecule has 1 fully saturated rings. The number of halogens is 3. The van der Waals surface area contributed by atoms with Gasteiger partial charge in [-0.1, -0.05) is 24.3 Å². The van der Waals surface area contributed by atoms with E-state index in [0.717, 1.165) is 43.6 Å². The highest BCUT2D eigenvalue weighted by Crippen LogP contribution is 2.13. The number of nitrogens with one attached hydrogen (secondary N) is 1. The molecule has 0 aromatic heterocycles. The molecule has 1 saturated heterocycles. The van der Waals surface area contributed by atoms with Gasteiger partial charge in [0.15, 0.2) is 0 Å². The van der Waals surface area contributed by atoms with Crippen LogP contribution in [0.3, 0.4) is 0 Å². The summed E-state index contributed by atoms with van der Waals surface area (Å²) in [4.78, 5) is 23.1. The number of rotatable bonds is 5. The molecule has 1 amide bonds. The third kappa shape index (κ3) is 9.39. The van der Waals surface area contributed by atoms with E-state index in [1.165, 1.54) is 0 Å². The van der Waals surface area contributed by atoms with Crippen LogP contribution < -0.4 is 5.32 Å². The fourth-order valence-electron chi connectivity index (χ4n) is 2.54. The number of likely N-dealkylation sites (tertiary alicyclic amines) is 1. The molecule has 1 aliphatic rings. The van der Waals surface area contributed by atoms with Crippen LogP contribution >= 0.6 is 0 Å². The Morgan fingerprint density at radius 1 is 1.22 bits per heavy atom. The molecule has 0 bridgehead atoms. The van der Waals surface area contributed by atoms with Crippen LogP contribution in [0.1, 0.15) is 24.0 Å². The first kappa shape index (κ1) is 22.9. The van der Waals surface area contributed by atoms with E-state index in [1.54, 1.807) is 0 Å². The summed E-state index contributed by atoms with van der Waals surface area (Å²) in [5, 5.41) is 19.5. The molecule has 0 unspecified atom stereocenters. The first-order chi connectivity index (χ1) is 12.6. The molecular formula is C18H25F3N2O4. The Kier molecular flexibility index (Phi) is 9.23. The van der Waals surface area contributed by atoms with Crippen molar-refractivity contribution in [3.05, 3.63) is 35.4 Å². The SMILES string of the molecule is Cc1ccccc1CC(=O)NCCN1CCC(O)CC1.O=C(O)C(F)(F)F. The second kappa shape index (κ2) is 10.9. The molecule has 6 nitrogen and oxygen atoms in total. The van der Waals surface area contributed by atoms with Gasteiger partial charge in [0.1, 0.15) is 0 Å². The largest absolute Gasteiger partial charge is 0.490 e. The zero-order valence-electron chi connectivity index (χ0n) is 15.1. The fraction of sp³-hybridized carbons (Fsp3) is 0.556. The molecule has 0 spiro atoms. The van der Waals surface area contributed by atoms with Crippen LogP contribution in [-0.2, 0) is 16.0 Å². The van der Waals surface area contributed by atoms with Crippen molar-refractivity contribution in [2.45, 2.75) is 38.5 Å². The van der Waals surface area contributed by atoms with Crippen LogP contribution in [0.5, 0.6) is 0 Å². The number of aryl methyl sites for hydroxylation is 1. The zero-order valence-corrected chi connectivity index (χ0v) is 15.1. The lowest BCUT2D eigenvalue weighted by atomic mass is 10.1. The van der Waals surface area contributed by atoms with Gasteiger partial charge in [-0.05, 0) is 30.9 Å². The number of carbonyl (C=O) groups excluding carboxylic acids is 1. The van der Waals surface area contributed by atoms with Crippen molar-refractivity contribution in [2.75, 3.05) is 26.2 Å². The maximum atomic E-state index is 11.9. The fourth-order valence-corrected chi connectivity index (χ4v) is 2.54. The van der Waals surface area contributed by atoms with Gasteiger partial charge in [0, 0.05) is 26.2 Å². The van der Waals surface area contributed by atoms with Gasteiger partial charge in [-0.25, -0.2) is 4.79 Å². The zero-order chi connectivity index (χ0) is 20.4. The molecule has 0 atom stereocenters. The van der Waals surface area contributed by atoms with Crippen molar-refractivity contribution >= 4 is 11.9 Å². The third-order valence-corrected chi connectivity index (χ3v) is 4.16. The summed E-state index contributed by atoms with van der Waals surface area (Å²) in [6.07, 6.45) is -3.08. The smallest absolute Gasteiger partial charge is 0.475 e. The number of carboxylic acids is 1. The summed E-state index contributed by atoms with van der Waals surface area (Å²) in [7, 11) is 0. The number of piperidine rings is 1. The first-order valence-corrected chi connectivity index (χ1v) is 8.61. The Labute approximate surface area is 156 Å². The van der Waals surface area contributed by atoms with Crippen molar-refractivity contribution in [1.82, 2.24) is 10.2 Å². The average molecular weight is 390 g/mol. The second-order valence-electron chi connectivity index (χ2n) is 6.33. The monoisotopic (exact) mass is 390 g/mol. The molecule has 3 N–H and O–H groups in total. The van der Waals surface area contributed by atoms with Crippen molar-refractivity contribution in [1.29, 1.82) is 0 Å². The Balaban J connectivity index is 0.000000445. The minimum atomic E-state index is -5.08. The van der Waals surface area contributed by atoms with E-state index in [1.807, 2.05) is 31.2 Å². The standard InChI is InChI=1S/C16H24N2O2.C2HF3O2/c1-13-4-2-3-5-14(13)12-16(20)17-8-11-18-9-6-15(19)7-10-18;3-2(4,5)1(6)7/h2-5,15,19H,6-12H2,1H3,(H,17,20);(H,6,7). The first-order valence-electron chi connectivity index (χ1n) is 8.61. The summed E-state index contributed by atoms with van der Waals surface area (Å²) in [6, 6.07) is 7.98. The van der Waals surface area contributed by atoms with Gasteiger partial charge >= 0.3 is 12.1 Å². The van der Waals surface area contributed by atoms with E-state index in [9.17, 15) is 23.1 Å². The number of nitrogens with zero attached hydrogens (tertiary/aromatic N) is 1. The van der Waals surface area contributed by atoms with Crippen LogP contribution in [0, 0.1) is 6.92 Å². The van der Waals surface area contributed by atoms with Crippen LogP contribution in [0.25, 0.3) is 0 Å². The normalized spacial score (nSPS) is 15.6. The average Bonchev–Trinajstić information content (AvgIpc) is 2.58.